The lowest BCUT2D eigenvalue weighted by Gasteiger charge is -2.07. The van der Waals surface area contributed by atoms with Gasteiger partial charge in [0.1, 0.15) is 11.4 Å². The average Bonchev–Trinajstić information content (AvgIpc) is 2.27. The van der Waals surface area contributed by atoms with Gasteiger partial charge in [-0.1, -0.05) is 0 Å². The van der Waals surface area contributed by atoms with Gasteiger partial charge in [0, 0.05) is 5.56 Å². The number of esters is 1. The third-order valence-corrected chi connectivity index (χ3v) is 2.23. The molecule has 0 aliphatic heterocycles. The van der Waals surface area contributed by atoms with E-state index in [1.807, 2.05) is 0 Å². The summed E-state index contributed by atoms with van der Waals surface area (Å²) in [6.07, 6.45) is -3.31. The summed E-state index contributed by atoms with van der Waals surface area (Å²) in [4.78, 5) is 24.6. The number of nitrogens with zero attached hydrogens (tertiary/aromatic N) is 2. The van der Waals surface area contributed by atoms with E-state index in [4.69, 9.17) is 0 Å². The van der Waals surface area contributed by atoms with Crippen LogP contribution in [0.4, 0.5) is 14.5 Å². The van der Waals surface area contributed by atoms with Gasteiger partial charge in [0.25, 0.3) is 12.1 Å². The first-order valence-corrected chi connectivity index (χ1v) is 4.86. The number of nitro groups is 1. The number of methoxy groups -OCH3 is 1. The highest BCUT2D eigenvalue weighted by Gasteiger charge is 2.24. The Morgan fingerprint density at radius 1 is 1.61 bits per heavy atom. The Bertz CT molecular complexity index is 491. The van der Waals surface area contributed by atoms with Crippen LogP contribution in [0.1, 0.15) is 23.4 Å². The molecule has 1 aromatic rings. The quantitative estimate of drug-likeness (QED) is 0.469. The smallest absolute Gasteiger partial charge is 0.310 e. The molecule has 0 spiro atoms. The zero-order valence-corrected chi connectivity index (χ0v) is 9.65. The number of aromatic nitrogens is 1. The molecule has 0 aliphatic carbocycles. The molecule has 0 fully saturated rings. The van der Waals surface area contributed by atoms with E-state index < -0.39 is 35.1 Å². The summed E-state index contributed by atoms with van der Waals surface area (Å²) >= 11 is 0. The van der Waals surface area contributed by atoms with E-state index in [0.29, 0.717) is 0 Å². The summed E-state index contributed by atoms with van der Waals surface area (Å²) in [5.41, 5.74) is -1.33. The van der Waals surface area contributed by atoms with Crippen molar-refractivity contribution < 1.29 is 23.2 Å². The van der Waals surface area contributed by atoms with Gasteiger partial charge in [0.05, 0.1) is 18.5 Å². The van der Waals surface area contributed by atoms with E-state index in [1.165, 1.54) is 6.92 Å². The third kappa shape index (κ3) is 2.96. The molecule has 1 heterocycles. The minimum absolute atomic E-state index is 0.130. The predicted molar refractivity (Wildman–Crippen MR) is 56.3 cm³/mol. The topological polar surface area (TPSA) is 82.3 Å². The Morgan fingerprint density at radius 3 is 2.67 bits per heavy atom. The molecule has 0 bridgehead atoms. The van der Waals surface area contributed by atoms with Crippen LogP contribution >= 0.6 is 0 Å². The van der Waals surface area contributed by atoms with Gasteiger partial charge in [-0.15, -0.1) is 0 Å². The predicted octanol–water partition coefficient (Wildman–Crippen LogP) is 1.95. The van der Waals surface area contributed by atoms with E-state index in [1.54, 1.807) is 0 Å². The van der Waals surface area contributed by atoms with E-state index >= 15 is 0 Å². The minimum atomic E-state index is -2.86. The fourth-order valence-corrected chi connectivity index (χ4v) is 1.48. The fraction of sp³-hybridized carbons (Fsp3) is 0.400. The number of hydrogen-bond acceptors (Lipinski definition) is 5. The highest BCUT2D eigenvalue weighted by atomic mass is 19.3. The zero-order chi connectivity index (χ0) is 13.9. The summed E-state index contributed by atoms with van der Waals surface area (Å²) < 4.78 is 29.4. The number of halogens is 2. The van der Waals surface area contributed by atoms with Gasteiger partial charge in [0.2, 0.25) is 0 Å². The number of rotatable bonds is 4. The van der Waals surface area contributed by atoms with E-state index in [-0.39, 0.29) is 11.3 Å². The van der Waals surface area contributed by atoms with Gasteiger partial charge in [0.15, 0.2) is 0 Å². The SMILES string of the molecule is COC(=O)Cc1cc(C(F)F)nc(C)c1[N+](=O)[O-]. The van der Waals surface area contributed by atoms with Gasteiger partial charge in [-0.2, -0.15) is 0 Å². The van der Waals surface area contributed by atoms with Crippen LogP contribution in [0.2, 0.25) is 0 Å². The molecule has 1 rings (SSSR count). The van der Waals surface area contributed by atoms with Crippen molar-refractivity contribution in [1.82, 2.24) is 4.98 Å². The van der Waals surface area contributed by atoms with Crippen molar-refractivity contribution in [1.29, 1.82) is 0 Å². The summed E-state index contributed by atoms with van der Waals surface area (Å²) in [6, 6.07) is 0.854. The lowest BCUT2D eigenvalue weighted by atomic mass is 10.1. The normalized spacial score (nSPS) is 10.5. The number of ether oxygens (including phenoxy) is 1. The maximum atomic E-state index is 12.5. The highest BCUT2D eigenvalue weighted by molar-refractivity contribution is 5.74. The lowest BCUT2D eigenvalue weighted by Crippen LogP contribution is -2.10. The van der Waals surface area contributed by atoms with Crippen LogP contribution in [0, 0.1) is 17.0 Å². The van der Waals surface area contributed by atoms with Crippen LogP contribution in [0.15, 0.2) is 6.07 Å². The first kappa shape index (κ1) is 13.9. The maximum Gasteiger partial charge on any atom is 0.310 e. The molecular weight excluding hydrogens is 250 g/mol. The maximum absolute atomic E-state index is 12.5. The number of alkyl halides is 2. The van der Waals surface area contributed by atoms with Gasteiger partial charge < -0.3 is 4.74 Å². The number of carbonyl (C=O) groups excluding carboxylic acids is 1. The number of pyridine rings is 1. The molecule has 0 aromatic carbocycles. The van der Waals surface area contributed by atoms with Gasteiger partial charge in [-0.25, -0.2) is 13.8 Å². The molecule has 6 nitrogen and oxygen atoms in total. The van der Waals surface area contributed by atoms with Gasteiger partial charge in [-0.05, 0) is 13.0 Å². The van der Waals surface area contributed by atoms with Crippen LogP contribution in [0.3, 0.4) is 0 Å². The molecule has 0 radical (unpaired) electrons. The van der Waals surface area contributed by atoms with Gasteiger partial charge in [-0.3, -0.25) is 14.9 Å². The Kier molecular flexibility index (Phi) is 4.24. The first-order chi connectivity index (χ1) is 8.36. The van der Waals surface area contributed by atoms with E-state index in [9.17, 15) is 23.7 Å². The van der Waals surface area contributed by atoms with Crippen molar-refractivity contribution in [3.8, 4) is 0 Å². The third-order valence-electron chi connectivity index (χ3n) is 2.23. The second kappa shape index (κ2) is 5.48. The number of carbonyl (C=O) groups is 1. The monoisotopic (exact) mass is 260 g/mol. The molecule has 0 saturated carbocycles. The molecule has 0 saturated heterocycles. The summed E-state index contributed by atoms with van der Waals surface area (Å²) in [7, 11) is 1.11. The largest absolute Gasteiger partial charge is 0.469 e. The number of aryl methyl sites for hydroxylation is 1. The van der Waals surface area contributed by atoms with Crippen molar-refractivity contribution in [2.24, 2.45) is 0 Å². The van der Waals surface area contributed by atoms with Crippen LogP contribution in [-0.2, 0) is 16.0 Å². The van der Waals surface area contributed by atoms with Crippen molar-refractivity contribution >= 4 is 11.7 Å². The second-order valence-corrected chi connectivity index (χ2v) is 3.45. The Labute approximate surface area is 101 Å². The Hall–Kier alpha value is -2.12. The molecule has 98 valence electrons. The summed E-state index contributed by atoms with van der Waals surface area (Å²) in [6.45, 7) is 1.24. The van der Waals surface area contributed by atoms with Crippen molar-refractivity contribution in [2.45, 2.75) is 19.8 Å². The average molecular weight is 260 g/mol. The molecule has 1 aromatic heterocycles. The molecule has 0 aliphatic rings. The fourth-order valence-electron chi connectivity index (χ4n) is 1.48. The van der Waals surface area contributed by atoms with Crippen molar-refractivity contribution in [2.75, 3.05) is 7.11 Å². The molecule has 18 heavy (non-hydrogen) atoms. The first-order valence-electron chi connectivity index (χ1n) is 4.86. The zero-order valence-electron chi connectivity index (χ0n) is 9.65. The van der Waals surface area contributed by atoms with Crippen molar-refractivity contribution in [3.05, 3.63) is 33.1 Å². The molecular formula is C10H10F2N2O4. The molecule has 8 heteroatoms. The summed E-state index contributed by atoms with van der Waals surface area (Å²) in [5.74, 6) is -0.746. The Morgan fingerprint density at radius 2 is 2.22 bits per heavy atom. The highest BCUT2D eigenvalue weighted by Crippen LogP contribution is 2.27. The van der Waals surface area contributed by atoms with Gasteiger partial charge >= 0.3 is 5.97 Å². The van der Waals surface area contributed by atoms with E-state index in [2.05, 4.69) is 9.72 Å². The van der Waals surface area contributed by atoms with E-state index in [0.717, 1.165) is 13.2 Å². The molecule has 0 amide bonds. The minimum Gasteiger partial charge on any atom is -0.469 e. The number of hydrogen-bond donors (Lipinski definition) is 0. The molecule has 0 unspecified atom stereocenters. The standard InChI is InChI=1S/C10H10F2N2O4/c1-5-9(14(16)17)6(4-8(15)18-2)3-7(13-5)10(11)12/h3,10H,4H2,1-2H3. The van der Waals surface area contributed by atoms with Crippen LogP contribution in [0.5, 0.6) is 0 Å². The molecule has 0 N–H and O–H groups in total. The summed E-state index contributed by atoms with van der Waals surface area (Å²) in [5, 5.41) is 10.8. The molecule has 0 atom stereocenters. The van der Waals surface area contributed by atoms with Crippen LogP contribution in [0.25, 0.3) is 0 Å². The van der Waals surface area contributed by atoms with Crippen molar-refractivity contribution in [3.63, 3.8) is 0 Å². The van der Waals surface area contributed by atoms with Crippen LogP contribution < -0.4 is 0 Å². The Balaban J connectivity index is 3.33. The lowest BCUT2D eigenvalue weighted by molar-refractivity contribution is -0.386. The second-order valence-electron chi connectivity index (χ2n) is 3.45. The van der Waals surface area contributed by atoms with Crippen LogP contribution in [-0.4, -0.2) is 23.0 Å².